The number of fused-ring (bicyclic) bond motifs is 1. The first-order valence-electron chi connectivity index (χ1n) is 12.0. The first-order chi connectivity index (χ1) is 15.3. The van der Waals surface area contributed by atoms with Crippen molar-refractivity contribution >= 4 is 16.7 Å². The van der Waals surface area contributed by atoms with Gasteiger partial charge in [-0.3, -0.25) is 4.79 Å². The van der Waals surface area contributed by atoms with Crippen LogP contribution >= 0.6 is 0 Å². The van der Waals surface area contributed by atoms with Crippen molar-refractivity contribution in [2.45, 2.75) is 87.2 Å². The first-order valence-corrected chi connectivity index (χ1v) is 12.0. The molecular formula is C28H40O5. The van der Waals surface area contributed by atoms with Crippen molar-refractivity contribution in [1.82, 2.24) is 0 Å². The Hall–Kier alpha value is -2.11. The number of carbonyl (C=O) groups is 1. The molecule has 2 aromatic carbocycles. The van der Waals surface area contributed by atoms with Crippen LogP contribution in [-0.2, 0) is 14.3 Å². The number of hydrogen-bond acceptors (Lipinski definition) is 5. The van der Waals surface area contributed by atoms with Crippen LogP contribution in [0.1, 0.15) is 74.7 Å². The first kappa shape index (κ1) is 25.5. The van der Waals surface area contributed by atoms with Crippen LogP contribution in [-0.4, -0.2) is 25.2 Å². The maximum Gasteiger partial charge on any atom is 0.317 e. The van der Waals surface area contributed by atoms with E-state index < -0.39 is 11.7 Å². The second kappa shape index (κ2) is 9.63. The zero-order valence-corrected chi connectivity index (χ0v) is 21.5. The molecule has 182 valence electrons. The van der Waals surface area contributed by atoms with E-state index in [1.165, 1.54) is 0 Å². The molecule has 33 heavy (non-hydrogen) atoms. The van der Waals surface area contributed by atoms with Gasteiger partial charge in [0.1, 0.15) is 11.5 Å². The summed E-state index contributed by atoms with van der Waals surface area (Å²) < 4.78 is 23.6. The van der Waals surface area contributed by atoms with E-state index in [-0.39, 0.29) is 23.1 Å². The Morgan fingerprint density at radius 2 is 1.61 bits per heavy atom. The normalized spacial score (nSPS) is 19.8. The summed E-state index contributed by atoms with van der Waals surface area (Å²) in [5.41, 5.74) is -0.920. The Morgan fingerprint density at radius 3 is 2.15 bits per heavy atom. The van der Waals surface area contributed by atoms with E-state index in [4.69, 9.17) is 18.9 Å². The third-order valence-corrected chi connectivity index (χ3v) is 6.56. The Kier molecular flexibility index (Phi) is 7.45. The fourth-order valence-corrected chi connectivity index (χ4v) is 4.44. The highest BCUT2D eigenvalue weighted by Crippen LogP contribution is 2.48. The average Bonchev–Trinajstić information content (AvgIpc) is 3.19. The molecule has 0 aromatic heterocycles. The Labute approximate surface area is 198 Å². The highest BCUT2D eigenvalue weighted by atomic mass is 16.8. The number of esters is 1. The van der Waals surface area contributed by atoms with Crippen molar-refractivity contribution < 1.29 is 23.7 Å². The van der Waals surface area contributed by atoms with E-state index in [9.17, 15) is 4.79 Å². The van der Waals surface area contributed by atoms with Crippen LogP contribution in [0.2, 0.25) is 0 Å². The van der Waals surface area contributed by atoms with Crippen LogP contribution < -0.4 is 9.47 Å². The maximum atomic E-state index is 13.6. The predicted molar refractivity (Wildman–Crippen MR) is 131 cm³/mol. The molecule has 0 saturated carbocycles. The lowest BCUT2D eigenvalue weighted by Gasteiger charge is -2.43. The third-order valence-electron chi connectivity index (χ3n) is 6.56. The van der Waals surface area contributed by atoms with Crippen molar-refractivity contribution in [2.75, 3.05) is 6.61 Å². The Morgan fingerprint density at radius 1 is 1.00 bits per heavy atom. The van der Waals surface area contributed by atoms with Crippen molar-refractivity contribution in [3.63, 3.8) is 0 Å². The number of benzene rings is 2. The number of hydrogen-bond donors (Lipinski definition) is 0. The lowest BCUT2D eigenvalue weighted by molar-refractivity contribution is -0.192. The topological polar surface area (TPSA) is 54.0 Å². The van der Waals surface area contributed by atoms with Gasteiger partial charge >= 0.3 is 5.97 Å². The minimum Gasteiger partial charge on any atom is -0.465 e. The summed E-state index contributed by atoms with van der Waals surface area (Å²) in [4.78, 5) is 13.6. The summed E-state index contributed by atoms with van der Waals surface area (Å²) in [5, 5.41) is 1.71. The standard InChI is InChI=1S/C28H40O5/c1-19(32-24-16-11-17-30-24)31-22-14-9-13-21-20(22)12-10-15-23(21)33-25(29)28(8,27(5,6)7)18-26(2,3)4/h9-10,12-15,19,24H,11,16-18H2,1-8H3. The lowest BCUT2D eigenvalue weighted by atomic mass is 9.61. The number of rotatable bonds is 7. The maximum absolute atomic E-state index is 13.6. The van der Waals surface area contributed by atoms with Gasteiger partial charge in [-0.2, -0.15) is 0 Å². The Balaban J connectivity index is 1.86. The van der Waals surface area contributed by atoms with E-state index in [1.807, 2.05) is 50.2 Å². The van der Waals surface area contributed by atoms with Gasteiger partial charge in [0.05, 0.1) is 5.41 Å². The molecule has 0 bridgehead atoms. The fraction of sp³-hybridized carbons (Fsp3) is 0.607. The van der Waals surface area contributed by atoms with E-state index in [1.54, 1.807) is 0 Å². The predicted octanol–water partition coefficient (Wildman–Crippen LogP) is 7.11. The molecule has 0 aliphatic carbocycles. The summed E-state index contributed by atoms with van der Waals surface area (Å²) in [6.45, 7) is 17.4. The summed E-state index contributed by atoms with van der Waals surface area (Å²) in [6, 6.07) is 11.5. The number of carbonyl (C=O) groups excluding carboxylic acids is 1. The van der Waals surface area contributed by atoms with Gasteiger partial charge in [0, 0.05) is 23.8 Å². The van der Waals surface area contributed by atoms with E-state index in [2.05, 4.69) is 41.5 Å². The minimum absolute atomic E-state index is 0.0139. The van der Waals surface area contributed by atoms with Gasteiger partial charge < -0.3 is 18.9 Å². The van der Waals surface area contributed by atoms with Crippen LogP contribution in [0.25, 0.3) is 10.8 Å². The summed E-state index contributed by atoms with van der Waals surface area (Å²) in [6.07, 6.45) is 1.93. The molecule has 0 radical (unpaired) electrons. The molecule has 5 nitrogen and oxygen atoms in total. The SMILES string of the molecule is CC(Oc1cccc2c(OC(=O)C(C)(CC(C)(C)C)C(C)(C)C)cccc12)OC1CCCO1. The van der Waals surface area contributed by atoms with Gasteiger partial charge in [-0.05, 0) is 49.7 Å². The van der Waals surface area contributed by atoms with E-state index >= 15 is 0 Å². The van der Waals surface area contributed by atoms with Gasteiger partial charge in [-0.15, -0.1) is 0 Å². The summed E-state index contributed by atoms with van der Waals surface area (Å²) in [5.74, 6) is 1.02. The van der Waals surface area contributed by atoms with E-state index in [0.29, 0.717) is 11.5 Å². The smallest absolute Gasteiger partial charge is 0.317 e. The molecule has 1 fully saturated rings. The molecule has 0 spiro atoms. The van der Waals surface area contributed by atoms with Crippen LogP contribution in [0.15, 0.2) is 36.4 Å². The molecule has 3 rings (SSSR count). The van der Waals surface area contributed by atoms with Crippen LogP contribution in [0, 0.1) is 16.2 Å². The van der Waals surface area contributed by atoms with Crippen LogP contribution in [0.4, 0.5) is 0 Å². The minimum atomic E-state index is -0.648. The van der Waals surface area contributed by atoms with E-state index in [0.717, 1.165) is 36.6 Å². The highest BCUT2D eigenvalue weighted by Gasteiger charge is 2.48. The highest BCUT2D eigenvalue weighted by molar-refractivity contribution is 5.95. The van der Waals surface area contributed by atoms with Crippen molar-refractivity contribution in [1.29, 1.82) is 0 Å². The molecule has 2 aromatic rings. The number of ether oxygens (including phenoxy) is 4. The quantitative estimate of drug-likeness (QED) is 0.252. The van der Waals surface area contributed by atoms with Crippen LogP contribution in [0.5, 0.6) is 11.5 Å². The van der Waals surface area contributed by atoms with Gasteiger partial charge in [0.15, 0.2) is 12.6 Å². The molecule has 0 amide bonds. The zero-order valence-electron chi connectivity index (χ0n) is 21.5. The Bertz CT molecular complexity index is 962. The van der Waals surface area contributed by atoms with Gasteiger partial charge in [0.25, 0.3) is 0 Å². The second-order valence-corrected chi connectivity index (χ2v) is 11.6. The molecule has 0 N–H and O–H groups in total. The van der Waals surface area contributed by atoms with Gasteiger partial charge in [-0.25, -0.2) is 0 Å². The largest absolute Gasteiger partial charge is 0.465 e. The molecule has 1 aliphatic rings. The van der Waals surface area contributed by atoms with Crippen molar-refractivity contribution in [3.05, 3.63) is 36.4 Å². The van der Waals surface area contributed by atoms with Gasteiger partial charge in [0.2, 0.25) is 0 Å². The molecule has 3 atom stereocenters. The second-order valence-electron chi connectivity index (χ2n) is 11.6. The van der Waals surface area contributed by atoms with Crippen molar-refractivity contribution in [2.24, 2.45) is 16.2 Å². The molecule has 1 heterocycles. The third kappa shape index (κ3) is 6.07. The van der Waals surface area contributed by atoms with Crippen molar-refractivity contribution in [3.8, 4) is 11.5 Å². The monoisotopic (exact) mass is 456 g/mol. The molecule has 1 aliphatic heterocycles. The molecular weight excluding hydrogens is 416 g/mol. The molecule has 5 heteroatoms. The zero-order chi connectivity index (χ0) is 24.4. The average molecular weight is 457 g/mol. The summed E-state index contributed by atoms with van der Waals surface area (Å²) >= 11 is 0. The fourth-order valence-electron chi connectivity index (χ4n) is 4.44. The molecule has 1 saturated heterocycles. The molecule has 3 unspecified atom stereocenters. The van der Waals surface area contributed by atoms with Gasteiger partial charge in [-0.1, -0.05) is 65.8 Å². The lowest BCUT2D eigenvalue weighted by Crippen LogP contribution is -2.45. The summed E-state index contributed by atoms with van der Waals surface area (Å²) in [7, 11) is 0. The van der Waals surface area contributed by atoms with Crippen LogP contribution in [0.3, 0.4) is 0 Å².